The number of carbonyl (C=O) groups excluding carboxylic acids is 2. The van der Waals surface area contributed by atoms with Crippen molar-refractivity contribution in [3.8, 4) is 0 Å². The van der Waals surface area contributed by atoms with E-state index in [0.29, 0.717) is 19.3 Å². The first kappa shape index (κ1) is 53.7. The van der Waals surface area contributed by atoms with Gasteiger partial charge >= 0.3 is 19.8 Å². The maximum absolute atomic E-state index is 12.6. The van der Waals surface area contributed by atoms with Crippen LogP contribution in [0.3, 0.4) is 0 Å². The topological polar surface area (TPSA) is 149 Å². The van der Waals surface area contributed by atoms with Gasteiger partial charge in [0.25, 0.3) is 0 Å². The molecule has 0 fully saturated rings. The highest BCUT2D eigenvalue weighted by atomic mass is 31.2. The van der Waals surface area contributed by atoms with Gasteiger partial charge in [0.2, 0.25) is 0 Å². The summed E-state index contributed by atoms with van der Waals surface area (Å²) in [6, 6.07) is 0. The van der Waals surface area contributed by atoms with Gasteiger partial charge < -0.3 is 24.6 Å². The van der Waals surface area contributed by atoms with Crippen molar-refractivity contribution in [2.24, 2.45) is 0 Å². The Balaban J connectivity index is 4.38. The molecule has 3 N–H and O–H groups in total. The van der Waals surface area contributed by atoms with Crippen molar-refractivity contribution in [1.82, 2.24) is 0 Å². The molecule has 0 spiro atoms. The minimum atomic E-state index is -4.63. The largest absolute Gasteiger partial charge is 0.472 e. The zero-order valence-electron chi connectivity index (χ0n) is 35.1. The van der Waals surface area contributed by atoms with E-state index in [1.807, 2.05) is 12.2 Å². The lowest BCUT2D eigenvalue weighted by molar-refractivity contribution is -0.161. The molecule has 0 rings (SSSR count). The summed E-state index contributed by atoms with van der Waals surface area (Å²) in [5.74, 6) is -0.992. The van der Waals surface area contributed by atoms with Gasteiger partial charge in [-0.25, -0.2) is 4.57 Å². The van der Waals surface area contributed by atoms with Gasteiger partial charge in [0.05, 0.1) is 19.8 Å². The van der Waals surface area contributed by atoms with Crippen LogP contribution in [-0.2, 0) is 32.7 Å². The first-order valence-corrected chi connectivity index (χ1v) is 23.2. The van der Waals surface area contributed by atoms with Crippen LogP contribution < -0.4 is 0 Å². The van der Waals surface area contributed by atoms with Gasteiger partial charge in [-0.15, -0.1) is 0 Å². The molecule has 3 atom stereocenters. The van der Waals surface area contributed by atoms with Crippen LogP contribution in [0.25, 0.3) is 0 Å². The number of hydrogen-bond donors (Lipinski definition) is 3. The van der Waals surface area contributed by atoms with Gasteiger partial charge in [-0.2, -0.15) is 0 Å². The molecule has 0 aliphatic rings. The number of carbonyl (C=O) groups is 2. The van der Waals surface area contributed by atoms with Gasteiger partial charge in [0.1, 0.15) is 12.7 Å². The lowest BCUT2D eigenvalue weighted by Gasteiger charge is -2.20. The van der Waals surface area contributed by atoms with E-state index in [2.05, 4.69) is 67.0 Å². The number of phosphoric acid groups is 1. The fourth-order valence-corrected chi connectivity index (χ4v) is 6.41. The van der Waals surface area contributed by atoms with E-state index < -0.39 is 51.8 Å². The molecule has 0 aromatic carbocycles. The molecule has 0 saturated carbocycles. The second-order valence-corrected chi connectivity index (χ2v) is 15.8. The number of aliphatic hydroxyl groups excluding tert-OH is 2. The Morgan fingerprint density at radius 2 is 0.982 bits per heavy atom. The molecule has 0 aromatic rings. The number of aliphatic hydroxyl groups is 2. The van der Waals surface area contributed by atoms with Crippen LogP contribution in [-0.4, -0.2) is 65.7 Å². The van der Waals surface area contributed by atoms with Crippen LogP contribution in [0.1, 0.15) is 174 Å². The fourth-order valence-electron chi connectivity index (χ4n) is 5.62. The van der Waals surface area contributed by atoms with E-state index in [1.165, 1.54) is 77.0 Å². The Hall–Kier alpha value is -2.33. The molecule has 0 amide bonds. The molecule has 1 unspecified atom stereocenters. The minimum absolute atomic E-state index is 0.105. The average molecular weight is 811 g/mol. The van der Waals surface area contributed by atoms with Crippen LogP contribution in [0, 0.1) is 0 Å². The van der Waals surface area contributed by atoms with Crippen molar-refractivity contribution in [2.45, 2.75) is 187 Å². The van der Waals surface area contributed by atoms with Crippen LogP contribution in [0.15, 0.2) is 60.8 Å². The van der Waals surface area contributed by atoms with Crippen molar-refractivity contribution in [3.63, 3.8) is 0 Å². The molecular weight excluding hydrogens is 731 g/mol. The van der Waals surface area contributed by atoms with Crippen LogP contribution in [0.4, 0.5) is 0 Å². The molecule has 0 bridgehead atoms. The first-order valence-electron chi connectivity index (χ1n) is 21.7. The fraction of sp³-hybridized carbons (Fsp3) is 0.733. The summed E-state index contributed by atoms with van der Waals surface area (Å²) in [5, 5.41) is 18.3. The van der Waals surface area contributed by atoms with Gasteiger partial charge in [-0.05, 0) is 51.4 Å². The smallest absolute Gasteiger partial charge is 0.462 e. The Bertz CT molecular complexity index is 1120. The van der Waals surface area contributed by atoms with E-state index >= 15 is 0 Å². The number of hydrogen-bond acceptors (Lipinski definition) is 9. The number of phosphoric ester groups is 1. The number of rotatable bonds is 40. The molecule has 0 aromatic heterocycles. The van der Waals surface area contributed by atoms with Crippen molar-refractivity contribution >= 4 is 19.8 Å². The molecule has 324 valence electrons. The molecule has 0 radical (unpaired) electrons. The zero-order chi connectivity index (χ0) is 41.2. The predicted octanol–water partition coefficient (Wildman–Crippen LogP) is 11.5. The Morgan fingerprint density at radius 3 is 1.46 bits per heavy atom. The van der Waals surface area contributed by atoms with Crippen molar-refractivity contribution in [3.05, 3.63) is 60.8 Å². The quantitative estimate of drug-likeness (QED) is 0.0236. The summed E-state index contributed by atoms with van der Waals surface area (Å²) in [6.07, 6.45) is 44.8. The van der Waals surface area contributed by atoms with Crippen LogP contribution in [0.2, 0.25) is 0 Å². The van der Waals surface area contributed by atoms with Gasteiger partial charge in [-0.1, -0.05) is 171 Å². The summed E-state index contributed by atoms with van der Waals surface area (Å²) >= 11 is 0. The normalized spacial score (nSPS) is 14.4. The number of allylic oxidation sites excluding steroid dienone is 10. The highest BCUT2D eigenvalue weighted by Crippen LogP contribution is 2.43. The molecule has 0 heterocycles. The molecule has 0 aliphatic heterocycles. The molecule has 0 saturated heterocycles. The lowest BCUT2D eigenvalue weighted by atomic mass is 10.0. The molecule has 56 heavy (non-hydrogen) atoms. The third-order valence-corrected chi connectivity index (χ3v) is 9.89. The van der Waals surface area contributed by atoms with Crippen LogP contribution in [0.5, 0.6) is 0 Å². The molecule has 0 aliphatic carbocycles. The van der Waals surface area contributed by atoms with Crippen LogP contribution >= 0.6 is 7.82 Å². The Morgan fingerprint density at radius 1 is 0.554 bits per heavy atom. The summed E-state index contributed by atoms with van der Waals surface area (Å²) in [4.78, 5) is 35.0. The first-order chi connectivity index (χ1) is 27.2. The molecular formula is C45H79O10P. The third kappa shape index (κ3) is 39.9. The molecule has 11 heteroatoms. The monoisotopic (exact) mass is 811 g/mol. The average Bonchev–Trinajstić information content (AvgIpc) is 3.19. The highest BCUT2D eigenvalue weighted by molar-refractivity contribution is 7.47. The number of unbranched alkanes of at least 4 members (excludes halogenated alkanes) is 16. The second kappa shape index (κ2) is 40.9. The Labute approximate surface area is 340 Å². The maximum Gasteiger partial charge on any atom is 0.472 e. The van der Waals surface area contributed by atoms with Gasteiger partial charge in [0.15, 0.2) is 6.10 Å². The number of ether oxygens (including phenoxy) is 2. The summed E-state index contributed by atoms with van der Waals surface area (Å²) in [7, 11) is -4.63. The third-order valence-electron chi connectivity index (χ3n) is 8.94. The van der Waals surface area contributed by atoms with E-state index in [1.54, 1.807) is 0 Å². The van der Waals surface area contributed by atoms with E-state index in [4.69, 9.17) is 19.1 Å². The van der Waals surface area contributed by atoms with Crippen molar-refractivity contribution in [1.29, 1.82) is 0 Å². The van der Waals surface area contributed by atoms with Gasteiger partial charge in [-0.3, -0.25) is 18.6 Å². The van der Waals surface area contributed by atoms with Crippen molar-refractivity contribution < 1.29 is 47.8 Å². The predicted molar refractivity (Wildman–Crippen MR) is 228 cm³/mol. The van der Waals surface area contributed by atoms with Crippen molar-refractivity contribution in [2.75, 3.05) is 26.4 Å². The maximum atomic E-state index is 12.6. The number of esters is 2. The summed E-state index contributed by atoms with van der Waals surface area (Å²) in [6.45, 7) is 2.20. The van der Waals surface area contributed by atoms with Gasteiger partial charge in [0, 0.05) is 12.8 Å². The Kier molecular flexibility index (Phi) is 39.2. The highest BCUT2D eigenvalue weighted by Gasteiger charge is 2.27. The summed E-state index contributed by atoms with van der Waals surface area (Å²) in [5.41, 5.74) is 0. The van der Waals surface area contributed by atoms with E-state index in [0.717, 1.165) is 51.4 Å². The zero-order valence-corrected chi connectivity index (χ0v) is 36.0. The SMILES string of the molecule is CC/C=C\C/C=C\C/C=C\C/C=C\C/C=C\CCCC(=O)O[C@H](COC(=O)CCCCCCCCCCCCCCCCCC)COP(=O)(O)OC[C@@H](O)CO. The summed E-state index contributed by atoms with van der Waals surface area (Å²) < 4.78 is 32.6. The standard InChI is InChI=1S/C45H79O10P/c1-3-5-7-9-11-13-15-17-19-21-23-25-27-29-31-33-35-37-45(49)55-43(41-54-56(50,51)53-39-42(47)38-46)40-52-44(48)36-34-32-30-28-26-24-22-20-18-16-14-12-10-8-6-4-2/h5,7,11,13,17,19,23,25,29,31,42-43,46-47H,3-4,6,8-10,12,14-16,18,20-22,24,26-28,30,32-41H2,1-2H3,(H,50,51)/b7-5-,13-11-,19-17-,25-23-,31-29-/t42-,43+/m0/s1. The lowest BCUT2D eigenvalue weighted by Crippen LogP contribution is -2.29. The minimum Gasteiger partial charge on any atom is -0.462 e. The second-order valence-electron chi connectivity index (χ2n) is 14.3. The van der Waals surface area contributed by atoms with E-state index in [-0.39, 0.29) is 19.4 Å². The molecule has 10 nitrogen and oxygen atoms in total. The van der Waals surface area contributed by atoms with E-state index in [9.17, 15) is 24.2 Å².